The molecule has 0 aliphatic carbocycles. The highest BCUT2D eigenvalue weighted by atomic mass is 32.2. The van der Waals surface area contributed by atoms with E-state index >= 15 is 0 Å². The van der Waals surface area contributed by atoms with E-state index in [4.69, 9.17) is 0 Å². The summed E-state index contributed by atoms with van der Waals surface area (Å²) in [6, 6.07) is -0.197. The van der Waals surface area contributed by atoms with E-state index in [-0.39, 0.29) is 29.2 Å². The van der Waals surface area contributed by atoms with Crippen LogP contribution in [0.25, 0.3) is 0 Å². The van der Waals surface area contributed by atoms with Crippen LogP contribution >= 0.6 is 11.8 Å². The van der Waals surface area contributed by atoms with Crippen molar-refractivity contribution in [2.45, 2.75) is 38.4 Å². The molecule has 7 nitrogen and oxygen atoms in total. The van der Waals surface area contributed by atoms with Crippen LogP contribution in [0.5, 0.6) is 0 Å². The Morgan fingerprint density at radius 1 is 1.43 bits per heavy atom. The Bertz CT molecular complexity index is 670. The first-order valence-electron chi connectivity index (χ1n) is 7.68. The van der Waals surface area contributed by atoms with Gasteiger partial charge in [-0.15, -0.1) is 10.2 Å². The van der Waals surface area contributed by atoms with Gasteiger partial charge in [-0.2, -0.15) is 0 Å². The van der Waals surface area contributed by atoms with Crippen molar-refractivity contribution in [1.82, 2.24) is 19.7 Å². The Labute approximate surface area is 141 Å². The molecule has 2 rings (SSSR count). The minimum atomic E-state index is -3.01. The molecule has 23 heavy (non-hydrogen) atoms. The molecular weight excluding hydrogens is 336 g/mol. The van der Waals surface area contributed by atoms with Crippen LogP contribution < -0.4 is 0 Å². The van der Waals surface area contributed by atoms with Crippen LogP contribution in [0.15, 0.2) is 5.16 Å². The summed E-state index contributed by atoms with van der Waals surface area (Å²) in [5.74, 6) is 1.56. The SMILES string of the molecule is Cc1nnc(SCC(=O)N(CC(C)C)[C@H]2CCS(=O)(=O)C2)n1C. The van der Waals surface area contributed by atoms with E-state index in [2.05, 4.69) is 10.2 Å². The molecule has 9 heteroatoms. The lowest BCUT2D eigenvalue weighted by Crippen LogP contribution is -2.44. The lowest BCUT2D eigenvalue weighted by molar-refractivity contribution is -0.130. The van der Waals surface area contributed by atoms with E-state index in [9.17, 15) is 13.2 Å². The number of rotatable bonds is 6. The average Bonchev–Trinajstić information content (AvgIpc) is 2.97. The van der Waals surface area contributed by atoms with Crippen molar-refractivity contribution in [3.8, 4) is 0 Å². The molecule has 0 unspecified atom stereocenters. The zero-order chi connectivity index (χ0) is 17.2. The van der Waals surface area contributed by atoms with Gasteiger partial charge < -0.3 is 9.47 Å². The van der Waals surface area contributed by atoms with E-state index in [0.717, 1.165) is 5.82 Å². The number of carbonyl (C=O) groups is 1. The van der Waals surface area contributed by atoms with E-state index in [1.807, 2.05) is 32.4 Å². The van der Waals surface area contributed by atoms with Gasteiger partial charge in [0.25, 0.3) is 0 Å². The van der Waals surface area contributed by atoms with Crippen molar-refractivity contribution >= 4 is 27.5 Å². The first-order chi connectivity index (χ1) is 10.7. The van der Waals surface area contributed by atoms with Crippen LogP contribution in [-0.4, -0.2) is 63.8 Å². The second-order valence-corrected chi connectivity index (χ2v) is 9.55. The standard InChI is InChI=1S/C14H24N4O3S2/c1-10(2)7-18(12-5-6-23(20,21)9-12)13(19)8-22-14-16-15-11(3)17(14)4/h10,12H,5-9H2,1-4H3/t12-/m0/s1. The third kappa shape index (κ3) is 4.69. The highest BCUT2D eigenvalue weighted by Crippen LogP contribution is 2.22. The van der Waals surface area contributed by atoms with Crippen molar-refractivity contribution in [1.29, 1.82) is 0 Å². The van der Waals surface area contributed by atoms with E-state index < -0.39 is 9.84 Å². The Morgan fingerprint density at radius 3 is 2.61 bits per heavy atom. The van der Waals surface area contributed by atoms with Crippen molar-refractivity contribution < 1.29 is 13.2 Å². The van der Waals surface area contributed by atoms with Gasteiger partial charge in [0.2, 0.25) is 5.91 Å². The van der Waals surface area contributed by atoms with Crippen molar-refractivity contribution in [3.63, 3.8) is 0 Å². The van der Waals surface area contributed by atoms with Crippen LogP contribution in [0, 0.1) is 12.8 Å². The van der Waals surface area contributed by atoms with Crippen LogP contribution in [0.1, 0.15) is 26.1 Å². The highest BCUT2D eigenvalue weighted by Gasteiger charge is 2.34. The monoisotopic (exact) mass is 360 g/mol. The zero-order valence-corrected chi connectivity index (χ0v) is 15.7. The smallest absolute Gasteiger partial charge is 0.233 e. The predicted octanol–water partition coefficient (Wildman–Crippen LogP) is 0.887. The molecule has 0 saturated carbocycles. The fraction of sp³-hybridized carbons (Fsp3) is 0.786. The number of thioether (sulfide) groups is 1. The second kappa shape index (κ2) is 7.21. The Hall–Kier alpha value is -1.09. The van der Waals surface area contributed by atoms with E-state index in [0.29, 0.717) is 24.0 Å². The van der Waals surface area contributed by atoms with Crippen LogP contribution in [0.2, 0.25) is 0 Å². The third-order valence-electron chi connectivity index (χ3n) is 3.91. The molecule has 1 amide bonds. The summed E-state index contributed by atoms with van der Waals surface area (Å²) < 4.78 is 25.3. The normalized spacial score (nSPS) is 20.1. The fourth-order valence-electron chi connectivity index (χ4n) is 2.59. The number of sulfone groups is 1. The number of amides is 1. The van der Waals surface area contributed by atoms with Crippen molar-refractivity contribution in [3.05, 3.63) is 5.82 Å². The molecule has 0 spiro atoms. The number of aromatic nitrogens is 3. The minimum Gasteiger partial charge on any atom is -0.338 e. The number of carbonyl (C=O) groups excluding carboxylic acids is 1. The van der Waals surface area contributed by atoms with E-state index in [1.165, 1.54) is 11.8 Å². The summed E-state index contributed by atoms with van der Waals surface area (Å²) in [6.07, 6.45) is 0.536. The molecule has 130 valence electrons. The molecule has 1 aromatic heterocycles. The summed E-state index contributed by atoms with van der Waals surface area (Å²) in [7, 11) is -1.15. The maximum atomic E-state index is 12.6. The van der Waals surface area contributed by atoms with E-state index in [1.54, 1.807) is 4.90 Å². The lowest BCUT2D eigenvalue weighted by atomic mass is 10.1. The second-order valence-electron chi connectivity index (χ2n) is 6.37. The van der Waals surface area contributed by atoms with Gasteiger partial charge in [0.15, 0.2) is 15.0 Å². The van der Waals surface area contributed by atoms with Gasteiger partial charge in [-0.05, 0) is 19.3 Å². The van der Waals surface area contributed by atoms with Gasteiger partial charge in [0.1, 0.15) is 5.82 Å². The van der Waals surface area contributed by atoms with Gasteiger partial charge in [-0.25, -0.2) is 8.42 Å². The molecule has 1 saturated heterocycles. The predicted molar refractivity (Wildman–Crippen MR) is 90.1 cm³/mol. The van der Waals surface area contributed by atoms with Gasteiger partial charge in [0, 0.05) is 19.6 Å². The first-order valence-corrected chi connectivity index (χ1v) is 10.5. The summed E-state index contributed by atoms with van der Waals surface area (Å²) in [4.78, 5) is 14.4. The van der Waals surface area contributed by atoms with Gasteiger partial charge in [-0.3, -0.25) is 4.79 Å². The molecule has 0 radical (unpaired) electrons. The zero-order valence-electron chi connectivity index (χ0n) is 14.0. The Morgan fingerprint density at radius 2 is 2.13 bits per heavy atom. The topological polar surface area (TPSA) is 85.2 Å². The Kier molecular flexibility index (Phi) is 5.72. The maximum Gasteiger partial charge on any atom is 0.233 e. The maximum absolute atomic E-state index is 12.6. The molecule has 0 bridgehead atoms. The molecule has 1 aliphatic heterocycles. The van der Waals surface area contributed by atoms with Crippen LogP contribution in [0.3, 0.4) is 0 Å². The molecular formula is C14H24N4O3S2. The molecule has 0 aromatic carbocycles. The minimum absolute atomic E-state index is 0.0357. The molecule has 0 N–H and O–H groups in total. The number of aryl methyl sites for hydroxylation is 1. The summed E-state index contributed by atoms with van der Waals surface area (Å²) >= 11 is 1.34. The molecule has 2 heterocycles. The highest BCUT2D eigenvalue weighted by molar-refractivity contribution is 7.99. The Balaban J connectivity index is 2.03. The average molecular weight is 361 g/mol. The number of hydrogen-bond donors (Lipinski definition) is 0. The first kappa shape index (κ1) is 18.3. The van der Waals surface area contributed by atoms with Gasteiger partial charge in [0.05, 0.1) is 17.3 Å². The molecule has 1 fully saturated rings. The molecule has 1 atom stereocenters. The quantitative estimate of drug-likeness (QED) is 0.700. The van der Waals surface area contributed by atoms with Gasteiger partial charge in [-0.1, -0.05) is 25.6 Å². The van der Waals surface area contributed by atoms with Crippen molar-refractivity contribution in [2.75, 3.05) is 23.8 Å². The number of nitrogens with zero attached hydrogens (tertiary/aromatic N) is 4. The van der Waals surface area contributed by atoms with Gasteiger partial charge >= 0.3 is 0 Å². The summed E-state index contributed by atoms with van der Waals surface area (Å²) in [6.45, 7) is 6.50. The summed E-state index contributed by atoms with van der Waals surface area (Å²) in [5, 5.41) is 8.70. The fourth-order valence-corrected chi connectivity index (χ4v) is 5.17. The molecule has 1 aliphatic rings. The summed E-state index contributed by atoms with van der Waals surface area (Å²) in [5.41, 5.74) is 0. The van der Waals surface area contributed by atoms with Crippen LogP contribution in [0.4, 0.5) is 0 Å². The number of hydrogen-bond acceptors (Lipinski definition) is 6. The van der Waals surface area contributed by atoms with Crippen LogP contribution in [-0.2, 0) is 21.7 Å². The van der Waals surface area contributed by atoms with Crippen molar-refractivity contribution in [2.24, 2.45) is 13.0 Å². The lowest BCUT2D eigenvalue weighted by Gasteiger charge is -2.29. The molecule has 1 aromatic rings. The third-order valence-corrected chi connectivity index (χ3v) is 6.66. The largest absolute Gasteiger partial charge is 0.338 e.